The van der Waals surface area contributed by atoms with E-state index in [4.69, 9.17) is 0 Å². The zero-order chi connectivity index (χ0) is 24.5. The molecule has 1 heterocycles. The van der Waals surface area contributed by atoms with E-state index in [1.807, 2.05) is 58.0 Å². The van der Waals surface area contributed by atoms with E-state index >= 15 is 0 Å². The molecule has 1 fully saturated rings. The average Bonchev–Trinajstić information content (AvgIpc) is 3.02. The number of hydrogen-bond acceptors (Lipinski definition) is 5. The molecule has 0 bridgehead atoms. The third kappa shape index (κ3) is 7.56. The number of carbonyl (C=O) groups excluding carboxylic acids is 4. The number of hydrogen-bond donors (Lipinski definition) is 4. The van der Waals surface area contributed by atoms with Crippen molar-refractivity contribution in [1.82, 2.24) is 21.2 Å². The van der Waals surface area contributed by atoms with Crippen LogP contribution in [0.25, 0.3) is 0 Å². The molecule has 33 heavy (non-hydrogen) atoms. The molecule has 0 aliphatic carbocycles. The summed E-state index contributed by atoms with van der Waals surface area (Å²) in [5.74, 6) is -3.14. The average molecular weight is 461 g/mol. The number of hydrazine groups is 1. The van der Waals surface area contributed by atoms with Crippen LogP contribution in [0.2, 0.25) is 0 Å². The number of benzene rings is 1. The normalized spacial score (nSPS) is 17.8. The van der Waals surface area contributed by atoms with E-state index in [1.54, 1.807) is 5.48 Å². The van der Waals surface area contributed by atoms with Gasteiger partial charge in [0.05, 0.1) is 11.8 Å². The summed E-state index contributed by atoms with van der Waals surface area (Å²) in [6.07, 6.45) is 2.53. The molecule has 1 aromatic rings. The van der Waals surface area contributed by atoms with Crippen molar-refractivity contribution in [2.45, 2.75) is 65.8 Å². The topological polar surface area (TPSA) is 128 Å². The highest BCUT2D eigenvalue weighted by molar-refractivity contribution is 6.05. The van der Waals surface area contributed by atoms with Crippen molar-refractivity contribution in [3.05, 3.63) is 35.9 Å². The number of amides is 5. The second-order valence-electron chi connectivity index (χ2n) is 9.48. The Morgan fingerprint density at radius 3 is 2.27 bits per heavy atom. The highest BCUT2D eigenvalue weighted by Gasteiger charge is 2.42. The molecule has 3 atom stereocenters. The first-order valence-electron chi connectivity index (χ1n) is 11.6. The lowest BCUT2D eigenvalue weighted by Gasteiger charge is -2.27. The summed E-state index contributed by atoms with van der Waals surface area (Å²) in [6, 6.07) is 8.41. The minimum atomic E-state index is -0.822. The first-order chi connectivity index (χ1) is 15.6. The molecule has 1 aliphatic heterocycles. The van der Waals surface area contributed by atoms with Gasteiger partial charge >= 0.3 is 6.03 Å². The van der Waals surface area contributed by atoms with Gasteiger partial charge in [0, 0.05) is 0 Å². The van der Waals surface area contributed by atoms with E-state index in [0.717, 1.165) is 12.0 Å². The molecule has 5 amide bonds. The van der Waals surface area contributed by atoms with Crippen LogP contribution in [-0.4, -0.2) is 40.0 Å². The van der Waals surface area contributed by atoms with Crippen LogP contribution in [0, 0.1) is 23.7 Å². The lowest BCUT2D eigenvalue weighted by molar-refractivity contribution is -0.145. The highest BCUT2D eigenvalue weighted by Crippen LogP contribution is 2.27. The highest BCUT2D eigenvalue weighted by atomic mass is 16.5. The largest absolute Gasteiger partial charge is 0.344 e. The summed E-state index contributed by atoms with van der Waals surface area (Å²) >= 11 is 0. The SMILES string of the molecule is CC(C)CC1NC(=O)N(NC(=O)[C@H](CC(C)C)[C@H](CCCc2ccccc2)C(=O)NO)C1=O. The Bertz CT molecular complexity index is 827. The van der Waals surface area contributed by atoms with Crippen LogP contribution in [-0.2, 0) is 20.8 Å². The number of urea groups is 1. The summed E-state index contributed by atoms with van der Waals surface area (Å²) in [6.45, 7) is 7.72. The van der Waals surface area contributed by atoms with Crippen molar-refractivity contribution in [1.29, 1.82) is 0 Å². The summed E-state index contributed by atoms with van der Waals surface area (Å²) in [5.41, 5.74) is 5.22. The van der Waals surface area contributed by atoms with Crippen LogP contribution < -0.4 is 16.2 Å². The van der Waals surface area contributed by atoms with Crippen molar-refractivity contribution < 1.29 is 24.4 Å². The molecule has 0 saturated carbocycles. The molecule has 9 nitrogen and oxygen atoms in total. The molecule has 2 rings (SSSR count). The number of nitrogens with one attached hydrogen (secondary N) is 3. The number of nitrogens with zero attached hydrogens (tertiary/aromatic N) is 1. The zero-order valence-corrected chi connectivity index (χ0v) is 19.8. The Morgan fingerprint density at radius 2 is 1.70 bits per heavy atom. The Kier molecular flexibility index (Phi) is 9.84. The summed E-state index contributed by atoms with van der Waals surface area (Å²) < 4.78 is 0. The van der Waals surface area contributed by atoms with Gasteiger partial charge in [-0.05, 0) is 49.5 Å². The Balaban J connectivity index is 2.14. The monoisotopic (exact) mass is 460 g/mol. The maximum absolute atomic E-state index is 13.2. The van der Waals surface area contributed by atoms with Crippen LogP contribution in [0.1, 0.15) is 58.9 Å². The van der Waals surface area contributed by atoms with Gasteiger partial charge in [-0.3, -0.25) is 25.0 Å². The van der Waals surface area contributed by atoms with Crippen LogP contribution in [0.4, 0.5) is 4.79 Å². The molecule has 182 valence electrons. The summed E-state index contributed by atoms with van der Waals surface area (Å²) in [7, 11) is 0. The fourth-order valence-electron chi connectivity index (χ4n) is 4.19. The Morgan fingerprint density at radius 1 is 1.03 bits per heavy atom. The second-order valence-corrected chi connectivity index (χ2v) is 9.48. The fraction of sp³-hybridized carbons (Fsp3) is 0.583. The van der Waals surface area contributed by atoms with Crippen LogP contribution in [0.5, 0.6) is 0 Å². The van der Waals surface area contributed by atoms with Crippen molar-refractivity contribution in [3.8, 4) is 0 Å². The van der Waals surface area contributed by atoms with Gasteiger partial charge < -0.3 is 5.32 Å². The molecule has 0 spiro atoms. The van der Waals surface area contributed by atoms with Crippen LogP contribution >= 0.6 is 0 Å². The second kappa shape index (κ2) is 12.3. The van der Waals surface area contributed by atoms with Gasteiger partial charge in [-0.15, -0.1) is 0 Å². The van der Waals surface area contributed by atoms with Gasteiger partial charge in [0.1, 0.15) is 6.04 Å². The van der Waals surface area contributed by atoms with Gasteiger partial charge in [0.2, 0.25) is 11.8 Å². The molecule has 0 aromatic heterocycles. The van der Waals surface area contributed by atoms with E-state index in [0.29, 0.717) is 30.7 Å². The molecular weight excluding hydrogens is 424 g/mol. The van der Waals surface area contributed by atoms with Gasteiger partial charge in [-0.1, -0.05) is 58.0 Å². The first-order valence-corrected chi connectivity index (χ1v) is 11.6. The molecule has 1 aromatic carbocycles. The molecule has 9 heteroatoms. The van der Waals surface area contributed by atoms with Crippen LogP contribution in [0.15, 0.2) is 30.3 Å². The molecule has 1 saturated heterocycles. The maximum atomic E-state index is 13.2. The van der Waals surface area contributed by atoms with E-state index in [1.165, 1.54) is 0 Å². The number of imide groups is 1. The third-order valence-electron chi connectivity index (χ3n) is 5.77. The van der Waals surface area contributed by atoms with Gasteiger partial charge in [-0.2, -0.15) is 5.01 Å². The molecular formula is C24H36N4O5. The lowest BCUT2D eigenvalue weighted by atomic mass is 9.81. The molecule has 1 unspecified atom stereocenters. The summed E-state index contributed by atoms with van der Waals surface area (Å²) in [4.78, 5) is 50.7. The van der Waals surface area contributed by atoms with Crippen LogP contribution in [0.3, 0.4) is 0 Å². The van der Waals surface area contributed by atoms with E-state index in [2.05, 4.69) is 10.7 Å². The standard InChI is InChI=1S/C24H36N4O5/c1-15(2)13-19(18(22(30)27-33)12-8-11-17-9-6-5-7-10-17)21(29)26-28-23(31)20(14-16(3)4)25-24(28)32/h5-7,9-10,15-16,18-20,33H,8,11-14H2,1-4H3,(H,25,32)(H,26,29)(H,27,30)/t18-,19+,20?/m0/s1. The number of carbonyl (C=O) groups is 4. The Hall–Kier alpha value is -2.94. The van der Waals surface area contributed by atoms with Gasteiger partial charge in [0.25, 0.3) is 5.91 Å². The smallest absolute Gasteiger partial charge is 0.324 e. The van der Waals surface area contributed by atoms with E-state index in [-0.39, 0.29) is 11.8 Å². The van der Waals surface area contributed by atoms with E-state index in [9.17, 15) is 24.4 Å². The summed E-state index contributed by atoms with van der Waals surface area (Å²) in [5, 5.41) is 12.6. The lowest BCUT2D eigenvalue weighted by Crippen LogP contribution is -2.51. The van der Waals surface area contributed by atoms with Crippen molar-refractivity contribution in [2.24, 2.45) is 23.7 Å². The van der Waals surface area contributed by atoms with Gasteiger partial charge in [-0.25, -0.2) is 10.3 Å². The maximum Gasteiger partial charge on any atom is 0.344 e. The van der Waals surface area contributed by atoms with Crippen molar-refractivity contribution >= 4 is 23.8 Å². The molecule has 4 N–H and O–H groups in total. The Labute approximate surface area is 195 Å². The molecule has 1 aliphatic rings. The predicted octanol–water partition coefficient (Wildman–Crippen LogP) is 2.79. The predicted molar refractivity (Wildman–Crippen MR) is 123 cm³/mol. The number of aryl methyl sites for hydroxylation is 1. The quantitative estimate of drug-likeness (QED) is 0.217. The molecule has 0 radical (unpaired) electrons. The third-order valence-corrected chi connectivity index (χ3v) is 5.77. The minimum Gasteiger partial charge on any atom is -0.324 e. The number of hydroxylamine groups is 1. The zero-order valence-electron chi connectivity index (χ0n) is 19.8. The first kappa shape index (κ1) is 26.3. The number of rotatable bonds is 12. The van der Waals surface area contributed by atoms with Crippen molar-refractivity contribution in [3.63, 3.8) is 0 Å². The fourth-order valence-corrected chi connectivity index (χ4v) is 4.19. The van der Waals surface area contributed by atoms with Crippen molar-refractivity contribution in [2.75, 3.05) is 0 Å². The minimum absolute atomic E-state index is 0.0701. The van der Waals surface area contributed by atoms with E-state index < -0.39 is 41.6 Å². The van der Waals surface area contributed by atoms with Gasteiger partial charge in [0.15, 0.2) is 0 Å².